The van der Waals surface area contributed by atoms with E-state index in [9.17, 15) is 18.0 Å². The van der Waals surface area contributed by atoms with Crippen molar-refractivity contribution in [2.24, 2.45) is 0 Å². The molecule has 128 valence electrons. The number of hydrogen-bond donors (Lipinski definition) is 1. The number of ether oxygens (including phenoxy) is 1. The van der Waals surface area contributed by atoms with Crippen molar-refractivity contribution in [3.8, 4) is 0 Å². The Balaban J connectivity index is 1.96. The molecular formula is C15H14ClNO6S. The third kappa shape index (κ3) is 4.84. The predicted molar refractivity (Wildman–Crippen MR) is 85.4 cm³/mol. The van der Waals surface area contributed by atoms with Gasteiger partial charge in [0.2, 0.25) is 0 Å². The molecule has 0 aliphatic heterocycles. The lowest BCUT2D eigenvalue weighted by Gasteiger charge is -2.08. The van der Waals surface area contributed by atoms with Crippen LogP contribution in [-0.2, 0) is 25.9 Å². The van der Waals surface area contributed by atoms with Crippen LogP contribution in [0.3, 0.4) is 0 Å². The standard InChI is InChI=1S/C15H14ClNO6S/c1-24(20,21)11-4-5-13(16)12(7-11)15(19)23-9-14(18)17-8-10-3-2-6-22-10/h2-7H,8-9H2,1H3,(H,17,18). The molecular weight excluding hydrogens is 358 g/mol. The van der Waals surface area contributed by atoms with Crippen molar-refractivity contribution in [1.82, 2.24) is 5.32 Å². The van der Waals surface area contributed by atoms with E-state index in [1.807, 2.05) is 0 Å². The lowest BCUT2D eigenvalue weighted by Crippen LogP contribution is -2.28. The van der Waals surface area contributed by atoms with Crippen molar-refractivity contribution in [1.29, 1.82) is 0 Å². The summed E-state index contributed by atoms with van der Waals surface area (Å²) in [4.78, 5) is 23.5. The fourth-order valence-corrected chi connectivity index (χ4v) is 2.59. The van der Waals surface area contributed by atoms with Crippen molar-refractivity contribution in [3.63, 3.8) is 0 Å². The van der Waals surface area contributed by atoms with Crippen LogP contribution in [0, 0.1) is 0 Å². The molecule has 2 rings (SSSR count). The fraction of sp³-hybridized carbons (Fsp3) is 0.200. The SMILES string of the molecule is CS(=O)(=O)c1ccc(Cl)c(C(=O)OCC(=O)NCc2ccco2)c1. The second-order valence-corrected chi connectivity index (χ2v) is 7.27. The van der Waals surface area contributed by atoms with Crippen LogP contribution in [0.4, 0.5) is 0 Å². The number of carbonyl (C=O) groups excluding carboxylic acids is 2. The number of rotatable bonds is 6. The van der Waals surface area contributed by atoms with Crippen LogP contribution >= 0.6 is 11.6 Å². The van der Waals surface area contributed by atoms with Crippen LogP contribution in [0.1, 0.15) is 16.1 Å². The lowest BCUT2D eigenvalue weighted by atomic mass is 10.2. The van der Waals surface area contributed by atoms with Gasteiger partial charge in [-0.05, 0) is 30.3 Å². The first kappa shape index (κ1) is 18.0. The van der Waals surface area contributed by atoms with Crippen molar-refractivity contribution in [2.75, 3.05) is 12.9 Å². The number of esters is 1. The van der Waals surface area contributed by atoms with Gasteiger partial charge in [-0.1, -0.05) is 11.6 Å². The summed E-state index contributed by atoms with van der Waals surface area (Å²) in [7, 11) is -3.50. The number of benzene rings is 1. The molecule has 0 saturated carbocycles. The smallest absolute Gasteiger partial charge is 0.340 e. The molecule has 0 aliphatic carbocycles. The molecule has 2 aromatic rings. The molecule has 1 heterocycles. The number of nitrogens with one attached hydrogen (secondary N) is 1. The molecule has 1 aromatic carbocycles. The minimum atomic E-state index is -3.50. The summed E-state index contributed by atoms with van der Waals surface area (Å²) in [6, 6.07) is 7.04. The second kappa shape index (κ2) is 7.50. The summed E-state index contributed by atoms with van der Waals surface area (Å²) in [6.45, 7) is -0.368. The van der Waals surface area contributed by atoms with Gasteiger partial charge < -0.3 is 14.5 Å². The minimum Gasteiger partial charge on any atom is -0.467 e. The number of carbonyl (C=O) groups is 2. The Bertz CT molecular complexity index is 845. The van der Waals surface area contributed by atoms with Crippen molar-refractivity contribution >= 4 is 33.3 Å². The molecule has 24 heavy (non-hydrogen) atoms. The summed E-state index contributed by atoms with van der Waals surface area (Å²) < 4.78 is 32.9. The molecule has 0 aliphatic rings. The summed E-state index contributed by atoms with van der Waals surface area (Å²) in [5.41, 5.74) is -0.126. The van der Waals surface area contributed by atoms with E-state index in [1.165, 1.54) is 18.4 Å². The first-order valence-corrected chi connectivity index (χ1v) is 9.00. The normalized spacial score (nSPS) is 11.1. The Morgan fingerprint density at radius 2 is 2.04 bits per heavy atom. The number of halogens is 1. The predicted octanol–water partition coefficient (Wildman–Crippen LogP) is 1.81. The number of furan rings is 1. The van der Waals surface area contributed by atoms with Crippen LogP contribution in [0.15, 0.2) is 45.9 Å². The van der Waals surface area contributed by atoms with Crippen LogP contribution in [0.2, 0.25) is 5.02 Å². The average Bonchev–Trinajstić information content (AvgIpc) is 3.03. The highest BCUT2D eigenvalue weighted by atomic mass is 35.5. The first-order chi connectivity index (χ1) is 11.3. The van der Waals surface area contributed by atoms with E-state index in [4.69, 9.17) is 20.8 Å². The maximum atomic E-state index is 12.0. The lowest BCUT2D eigenvalue weighted by molar-refractivity contribution is -0.124. The van der Waals surface area contributed by atoms with Gasteiger partial charge in [0.25, 0.3) is 5.91 Å². The van der Waals surface area contributed by atoms with Crippen LogP contribution in [-0.4, -0.2) is 33.2 Å². The Hall–Kier alpha value is -2.32. The van der Waals surface area contributed by atoms with Gasteiger partial charge in [-0.3, -0.25) is 4.79 Å². The monoisotopic (exact) mass is 371 g/mol. The van der Waals surface area contributed by atoms with E-state index in [-0.39, 0.29) is 22.0 Å². The van der Waals surface area contributed by atoms with E-state index in [2.05, 4.69) is 5.32 Å². The third-order valence-corrected chi connectivity index (χ3v) is 4.40. The van der Waals surface area contributed by atoms with Crippen molar-refractivity contribution < 1.29 is 27.2 Å². The molecule has 0 bridgehead atoms. The van der Waals surface area contributed by atoms with Gasteiger partial charge in [0.05, 0.1) is 28.3 Å². The maximum absolute atomic E-state index is 12.0. The molecule has 0 saturated heterocycles. The summed E-state index contributed by atoms with van der Waals surface area (Å²) in [5.74, 6) is -0.868. The zero-order valence-electron chi connectivity index (χ0n) is 12.6. The van der Waals surface area contributed by atoms with Crippen molar-refractivity contribution in [2.45, 2.75) is 11.4 Å². The van der Waals surface area contributed by atoms with Gasteiger partial charge in [0.15, 0.2) is 16.4 Å². The number of amides is 1. The summed E-state index contributed by atoms with van der Waals surface area (Å²) >= 11 is 5.88. The molecule has 7 nitrogen and oxygen atoms in total. The van der Waals surface area contributed by atoms with Gasteiger partial charge in [-0.25, -0.2) is 13.2 Å². The Morgan fingerprint density at radius 3 is 2.67 bits per heavy atom. The van der Waals surface area contributed by atoms with Crippen LogP contribution in [0.25, 0.3) is 0 Å². The first-order valence-electron chi connectivity index (χ1n) is 6.73. The van der Waals surface area contributed by atoms with E-state index < -0.39 is 28.3 Å². The van der Waals surface area contributed by atoms with E-state index in [0.29, 0.717) is 5.76 Å². The van der Waals surface area contributed by atoms with Crippen LogP contribution in [0.5, 0.6) is 0 Å². The van der Waals surface area contributed by atoms with E-state index in [1.54, 1.807) is 12.1 Å². The zero-order chi connectivity index (χ0) is 17.7. The van der Waals surface area contributed by atoms with Crippen molar-refractivity contribution in [3.05, 3.63) is 52.9 Å². The molecule has 0 radical (unpaired) electrons. The number of hydrogen-bond acceptors (Lipinski definition) is 6. The average molecular weight is 372 g/mol. The van der Waals surface area contributed by atoms with Gasteiger partial charge in [-0.2, -0.15) is 0 Å². The fourth-order valence-electron chi connectivity index (χ4n) is 1.75. The van der Waals surface area contributed by atoms with Gasteiger partial charge in [0, 0.05) is 6.26 Å². The van der Waals surface area contributed by atoms with Gasteiger partial charge in [-0.15, -0.1) is 0 Å². The summed E-state index contributed by atoms with van der Waals surface area (Å²) in [5, 5.41) is 2.53. The Kier molecular flexibility index (Phi) is 5.63. The molecule has 1 aromatic heterocycles. The third-order valence-electron chi connectivity index (χ3n) is 2.96. The van der Waals surface area contributed by atoms with E-state index >= 15 is 0 Å². The highest BCUT2D eigenvalue weighted by Crippen LogP contribution is 2.21. The largest absolute Gasteiger partial charge is 0.467 e. The van der Waals surface area contributed by atoms with E-state index in [0.717, 1.165) is 12.3 Å². The molecule has 0 unspecified atom stereocenters. The molecule has 0 atom stereocenters. The molecule has 0 spiro atoms. The highest BCUT2D eigenvalue weighted by Gasteiger charge is 2.17. The summed E-state index contributed by atoms with van der Waals surface area (Å²) in [6.07, 6.45) is 2.48. The molecule has 9 heteroatoms. The zero-order valence-corrected chi connectivity index (χ0v) is 14.2. The number of sulfone groups is 1. The quantitative estimate of drug-likeness (QED) is 0.777. The molecule has 1 amide bonds. The highest BCUT2D eigenvalue weighted by molar-refractivity contribution is 7.90. The Labute approximate surface area is 143 Å². The van der Waals surface area contributed by atoms with Gasteiger partial charge in [0.1, 0.15) is 5.76 Å². The molecule has 1 N–H and O–H groups in total. The topological polar surface area (TPSA) is 103 Å². The Morgan fingerprint density at radius 1 is 1.29 bits per heavy atom. The molecule has 0 fully saturated rings. The second-order valence-electron chi connectivity index (χ2n) is 4.85. The van der Waals surface area contributed by atoms with Gasteiger partial charge >= 0.3 is 5.97 Å². The minimum absolute atomic E-state index is 0.0309. The maximum Gasteiger partial charge on any atom is 0.340 e. The van der Waals surface area contributed by atoms with Crippen LogP contribution < -0.4 is 5.32 Å².